The lowest BCUT2D eigenvalue weighted by Gasteiger charge is -2.50. The average Bonchev–Trinajstić information content (AvgIpc) is 2.91. The predicted molar refractivity (Wildman–Crippen MR) is 127 cm³/mol. The van der Waals surface area contributed by atoms with Crippen LogP contribution in [0.3, 0.4) is 0 Å². The van der Waals surface area contributed by atoms with Crippen molar-refractivity contribution in [1.82, 2.24) is 0 Å². The van der Waals surface area contributed by atoms with Crippen LogP contribution in [0.1, 0.15) is 86.7 Å². The summed E-state index contributed by atoms with van der Waals surface area (Å²) in [5.41, 5.74) is 10.2. The number of rotatable bonds is 5. The van der Waals surface area contributed by atoms with E-state index < -0.39 is 5.60 Å². The van der Waals surface area contributed by atoms with Gasteiger partial charge in [-0.25, -0.2) is 0 Å². The molecule has 1 fully saturated rings. The Morgan fingerprint density at radius 1 is 1.19 bits per heavy atom. The van der Waals surface area contributed by atoms with Crippen LogP contribution < -0.4 is 11.1 Å². The normalized spacial score (nSPS) is 27.6. The Morgan fingerprint density at radius 3 is 2.74 bits per heavy atom. The molecule has 166 valence electrons. The molecule has 3 atom stereocenters. The van der Waals surface area contributed by atoms with Gasteiger partial charge in [0.1, 0.15) is 0 Å². The van der Waals surface area contributed by atoms with Crippen LogP contribution in [0.2, 0.25) is 0 Å². The van der Waals surface area contributed by atoms with Crippen LogP contribution in [-0.4, -0.2) is 16.6 Å². The topological polar surface area (TPSA) is 75.3 Å². The molecule has 4 nitrogen and oxygen atoms in total. The number of carbonyl (C=O) groups is 1. The molecule has 2 aliphatic carbocycles. The number of nitrogens with two attached hydrogens (primary N) is 1. The molecule has 0 aromatic heterocycles. The van der Waals surface area contributed by atoms with Crippen LogP contribution in [-0.2, 0) is 11.8 Å². The highest BCUT2D eigenvalue weighted by atomic mass is 16.3. The van der Waals surface area contributed by atoms with Crippen LogP contribution in [0.15, 0.2) is 42.5 Å². The van der Waals surface area contributed by atoms with Gasteiger partial charge in [0.2, 0.25) is 0 Å². The van der Waals surface area contributed by atoms with E-state index in [1.807, 2.05) is 24.3 Å². The van der Waals surface area contributed by atoms with Crippen molar-refractivity contribution in [3.63, 3.8) is 0 Å². The first-order valence-electron chi connectivity index (χ1n) is 11.9. The minimum Gasteiger partial charge on any atom is -0.397 e. The van der Waals surface area contributed by atoms with Crippen molar-refractivity contribution in [2.45, 2.75) is 82.7 Å². The summed E-state index contributed by atoms with van der Waals surface area (Å²) in [5, 5.41) is 14.1. The zero-order valence-corrected chi connectivity index (χ0v) is 18.9. The summed E-state index contributed by atoms with van der Waals surface area (Å²) in [6.07, 6.45) is 9.08. The van der Waals surface area contributed by atoms with Gasteiger partial charge in [-0.3, -0.25) is 4.79 Å². The largest absolute Gasteiger partial charge is 0.397 e. The van der Waals surface area contributed by atoms with Gasteiger partial charge in [-0.1, -0.05) is 38.5 Å². The predicted octanol–water partition coefficient (Wildman–Crippen LogP) is 5.84. The molecule has 0 bridgehead atoms. The number of amides is 1. The third kappa shape index (κ3) is 4.10. The lowest BCUT2D eigenvalue weighted by molar-refractivity contribution is -0.0542. The van der Waals surface area contributed by atoms with E-state index in [0.29, 0.717) is 22.9 Å². The highest BCUT2D eigenvalue weighted by Gasteiger charge is 2.49. The Kier molecular flexibility index (Phi) is 6.11. The number of aliphatic hydroxyl groups is 1. The summed E-state index contributed by atoms with van der Waals surface area (Å²) in [4.78, 5) is 12.9. The second-order valence-corrected chi connectivity index (χ2v) is 9.69. The second kappa shape index (κ2) is 8.66. The summed E-state index contributed by atoms with van der Waals surface area (Å²) in [6.45, 7) is 4.46. The van der Waals surface area contributed by atoms with E-state index in [-0.39, 0.29) is 11.3 Å². The minimum absolute atomic E-state index is 0.116. The third-order valence-electron chi connectivity index (χ3n) is 7.90. The van der Waals surface area contributed by atoms with Gasteiger partial charge >= 0.3 is 0 Å². The van der Waals surface area contributed by atoms with E-state index >= 15 is 0 Å². The van der Waals surface area contributed by atoms with Gasteiger partial charge in [-0.05, 0) is 98.1 Å². The Hall–Kier alpha value is -2.33. The molecule has 0 spiro atoms. The molecule has 2 aromatic rings. The van der Waals surface area contributed by atoms with Crippen LogP contribution >= 0.6 is 0 Å². The van der Waals surface area contributed by atoms with E-state index in [2.05, 4.69) is 31.3 Å². The average molecular weight is 421 g/mol. The van der Waals surface area contributed by atoms with Crippen molar-refractivity contribution in [1.29, 1.82) is 0 Å². The molecule has 0 unspecified atom stereocenters. The maximum absolute atomic E-state index is 12.9. The first kappa shape index (κ1) is 21.9. The van der Waals surface area contributed by atoms with Crippen LogP contribution in [0.25, 0.3) is 0 Å². The second-order valence-electron chi connectivity index (χ2n) is 9.69. The van der Waals surface area contributed by atoms with E-state index in [4.69, 9.17) is 5.73 Å². The zero-order chi connectivity index (χ0) is 22.1. The van der Waals surface area contributed by atoms with Gasteiger partial charge in [0, 0.05) is 5.56 Å². The molecule has 0 aliphatic heterocycles. The molecule has 0 saturated heterocycles. The van der Waals surface area contributed by atoms with Crippen molar-refractivity contribution >= 4 is 17.3 Å². The third-order valence-corrected chi connectivity index (χ3v) is 7.90. The van der Waals surface area contributed by atoms with Crippen molar-refractivity contribution in [3.05, 3.63) is 59.2 Å². The van der Waals surface area contributed by atoms with Gasteiger partial charge in [-0.15, -0.1) is 0 Å². The Labute approximate surface area is 186 Å². The minimum atomic E-state index is -0.502. The zero-order valence-electron chi connectivity index (χ0n) is 18.9. The summed E-state index contributed by atoms with van der Waals surface area (Å²) in [6, 6.07) is 13.6. The molecule has 2 aliphatic rings. The number of anilines is 2. The van der Waals surface area contributed by atoms with Gasteiger partial charge in [-0.2, -0.15) is 0 Å². The summed E-state index contributed by atoms with van der Waals surface area (Å²) in [5.74, 6) is 0.390. The number of nitrogens with one attached hydrogen (secondary N) is 1. The summed E-state index contributed by atoms with van der Waals surface area (Å²) in [7, 11) is 0. The highest BCUT2D eigenvalue weighted by molar-refractivity contribution is 6.05. The van der Waals surface area contributed by atoms with Gasteiger partial charge in [0.05, 0.1) is 17.0 Å². The maximum atomic E-state index is 12.9. The number of carbonyl (C=O) groups excluding carboxylic acids is 1. The number of nitrogen functional groups attached to an aromatic ring is 1. The smallest absolute Gasteiger partial charge is 0.255 e. The SMILES string of the molecule is CCC[C@@]1(O)CC[C@@]2(CC)c3ccc(C(=O)Nc4ccccc4N)cc3CCC[C@H]2C1. The van der Waals surface area contributed by atoms with E-state index in [0.717, 1.165) is 57.8 Å². The first-order valence-corrected chi connectivity index (χ1v) is 11.9. The molecule has 4 rings (SSSR count). The fourth-order valence-corrected chi connectivity index (χ4v) is 6.27. The van der Waals surface area contributed by atoms with Crippen molar-refractivity contribution in [2.24, 2.45) is 5.92 Å². The van der Waals surface area contributed by atoms with E-state index in [1.165, 1.54) is 11.1 Å². The molecule has 0 radical (unpaired) electrons. The number of hydrogen-bond acceptors (Lipinski definition) is 3. The molecule has 31 heavy (non-hydrogen) atoms. The first-order chi connectivity index (χ1) is 14.9. The van der Waals surface area contributed by atoms with Crippen molar-refractivity contribution in [2.75, 3.05) is 11.1 Å². The fraction of sp³-hybridized carbons (Fsp3) is 0.519. The molecule has 0 heterocycles. The Balaban J connectivity index is 1.63. The van der Waals surface area contributed by atoms with Crippen LogP contribution in [0.5, 0.6) is 0 Å². The standard InChI is InChI=1S/C27H36N2O2/c1-3-14-26(31)15-16-27(4-2)21(18-26)9-7-8-19-17-20(12-13-22(19)27)25(30)29-24-11-6-5-10-23(24)28/h5-6,10-13,17,21,31H,3-4,7-9,14-16,18,28H2,1-2H3,(H,29,30)/t21-,26+,27+/m0/s1. The lowest BCUT2D eigenvalue weighted by atomic mass is 9.56. The monoisotopic (exact) mass is 420 g/mol. The summed E-state index contributed by atoms with van der Waals surface area (Å²) < 4.78 is 0. The van der Waals surface area contributed by atoms with Crippen LogP contribution in [0.4, 0.5) is 11.4 Å². The van der Waals surface area contributed by atoms with E-state index in [9.17, 15) is 9.90 Å². The highest BCUT2D eigenvalue weighted by Crippen LogP contribution is 2.54. The quantitative estimate of drug-likeness (QED) is 0.532. The molecule has 4 heteroatoms. The van der Waals surface area contributed by atoms with E-state index in [1.54, 1.807) is 6.07 Å². The molecular weight excluding hydrogens is 384 g/mol. The van der Waals surface area contributed by atoms with Gasteiger partial charge < -0.3 is 16.2 Å². The van der Waals surface area contributed by atoms with Crippen LogP contribution in [0, 0.1) is 5.92 Å². The fourth-order valence-electron chi connectivity index (χ4n) is 6.27. The molecule has 1 saturated carbocycles. The number of aryl methyl sites for hydroxylation is 1. The van der Waals surface area contributed by atoms with Crippen molar-refractivity contribution < 1.29 is 9.90 Å². The Bertz CT molecular complexity index is 956. The maximum Gasteiger partial charge on any atom is 0.255 e. The van der Waals surface area contributed by atoms with Crippen molar-refractivity contribution in [3.8, 4) is 0 Å². The lowest BCUT2D eigenvalue weighted by Crippen LogP contribution is -2.47. The number of hydrogen-bond donors (Lipinski definition) is 3. The number of benzene rings is 2. The number of fused-ring (bicyclic) bond motifs is 3. The van der Waals surface area contributed by atoms with Gasteiger partial charge in [0.25, 0.3) is 5.91 Å². The summed E-state index contributed by atoms with van der Waals surface area (Å²) >= 11 is 0. The molecule has 2 aromatic carbocycles. The Morgan fingerprint density at radius 2 is 2.00 bits per heavy atom. The molecule has 4 N–H and O–H groups in total. The molecular formula is C27H36N2O2. The number of para-hydroxylation sites is 2. The molecule has 1 amide bonds. The van der Waals surface area contributed by atoms with Gasteiger partial charge in [0.15, 0.2) is 0 Å².